The number of hydrogen-bond donors (Lipinski definition) is 1. The second kappa shape index (κ2) is 6.61. The maximum atomic E-state index is 14.0. The number of halogens is 4. The van der Waals surface area contributed by atoms with Crippen LogP contribution >= 0.6 is 0 Å². The van der Waals surface area contributed by atoms with E-state index in [1.54, 1.807) is 43.3 Å². The van der Waals surface area contributed by atoms with Crippen molar-refractivity contribution in [2.24, 2.45) is 5.73 Å². The number of rotatable bonds is 4. The van der Waals surface area contributed by atoms with Gasteiger partial charge in [-0.1, -0.05) is 30.3 Å². The Kier molecular flexibility index (Phi) is 4.63. The zero-order valence-electron chi connectivity index (χ0n) is 14.0. The molecule has 1 unspecified atom stereocenters. The molecule has 0 radical (unpaired) electrons. The number of aryl methyl sites for hydroxylation is 1. The zero-order chi connectivity index (χ0) is 18.9. The van der Waals surface area contributed by atoms with Crippen LogP contribution in [0.15, 0.2) is 65.1 Å². The lowest BCUT2D eigenvalue weighted by Gasteiger charge is -2.29. The van der Waals surface area contributed by atoms with Crippen LogP contribution in [0, 0.1) is 12.7 Å². The molecule has 0 aliphatic heterocycles. The van der Waals surface area contributed by atoms with Gasteiger partial charge in [0.1, 0.15) is 22.9 Å². The Morgan fingerprint density at radius 2 is 1.58 bits per heavy atom. The Bertz CT molecular complexity index is 902. The first-order chi connectivity index (χ1) is 12.2. The van der Waals surface area contributed by atoms with Gasteiger partial charge in [-0.2, -0.15) is 13.2 Å². The number of hydrogen-bond acceptors (Lipinski definition) is 2. The quantitative estimate of drug-likeness (QED) is 0.648. The number of alkyl halides is 3. The molecule has 3 rings (SSSR count). The monoisotopic (exact) mass is 363 g/mol. The van der Waals surface area contributed by atoms with E-state index < -0.39 is 23.1 Å². The lowest BCUT2D eigenvalue weighted by molar-refractivity contribution is -0.137. The fourth-order valence-electron chi connectivity index (χ4n) is 2.93. The van der Waals surface area contributed by atoms with Gasteiger partial charge < -0.3 is 10.2 Å². The minimum Gasteiger partial charge on any atom is -0.464 e. The first-order valence-corrected chi connectivity index (χ1v) is 7.96. The molecule has 2 N–H and O–H groups in total. The molecule has 136 valence electrons. The van der Waals surface area contributed by atoms with Crippen LogP contribution in [-0.4, -0.2) is 0 Å². The van der Waals surface area contributed by atoms with Crippen molar-refractivity contribution < 1.29 is 22.0 Å². The predicted octanol–water partition coefficient (Wildman–Crippen LogP) is 5.19. The summed E-state index contributed by atoms with van der Waals surface area (Å²) in [5, 5.41) is 0. The summed E-state index contributed by atoms with van der Waals surface area (Å²) in [7, 11) is 0. The summed E-state index contributed by atoms with van der Waals surface area (Å²) in [6, 6.07) is 14.7. The average Bonchev–Trinajstić information content (AvgIpc) is 3.01. The second-order valence-corrected chi connectivity index (χ2v) is 6.27. The fraction of sp³-hybridized carbons (Fsp3) is 0.200. The Labute approximate surface area is 148 Å². The maximum absolute atomic E-state index is 14.0. The topological polar surface area (TPSA) is 39.2 Å². The van der Waals surface area contributed by atoms with Crippen LogP contribution in [0.2, 0.25) is 0 Å². The first-order valence-electron chi connectivity index (χ1n) is 7.96. The van der Waals surface area contributed by atoms with Gasteiger partial charge in [-0.3, -0.25) is 0 Å². The summed E-state index contributed by atoms with van der Waals surface area (Å²) in [6.07, 6.45) is -4.52. The van der Waals surface area contributed by atoms with E-state index in [2.05, 4.69) is 0 Å². The Hall–Kier alpha value is -2.60. The lowest BCUT2D eigenvalue weighted by atomic mass is 9.82. The van der Waals surface area contributed by atoms with Gasteiger partial charge in [0.05, 0.1) is 5.56 Å². The van der Waals surface area contributed by atoms with Crippen LogP contribution in [-0.2, 0) is 18.1 Å². The van der Waals surface area contributed by atoms with Gasteiger partial charge >= 0.3 is 6.18 Å². The van der Waals surface area contributed by atoms with Crippen molar-refractivity contribution in [2.75, 3.05) is 0 Å². The van der Waals surface area contributed by atoms with Crippen molar-refractivity contribution in [1.29, 1.82) is 0 Å². The molecule has 0 aliphatic carbocycles. The second-order valence-electron chi connectivity index (χ2n) is 6.27. The molecule has 26 heavy (non-hydrogen) atoms. The molecular weight excluding hydrogens is 346 g/mol. The highest BCUT2D eigenvalue weighted by Gasteiger charge is 2.37. The first kappa shape index (κ1) is 18.2. The van der Waals surface area contributed by atoms with Gasteiger partial charge in [0, 0.05) is 6.42 Å². The molecule has 1 atom stereocenters. The molecule has 0 fully saturated rings. The van der Waals surface area contributed by atoms with Crippen molar-refractivity contribution in [3.8, 4) is 0 Å². The molecule has 6 heteroatoms. The average molecular weight is 363 g/mol. The Morgan fingerprint density at radius 3 is 2.15 bits per heavy atom. The molecule has 0 saturated heterocycles. The van der Waals surface area contributed by atoms with Crippen LogP contribution in [0.3, 0.4) is 0 Å². The molecule has 2 aromatic carbocycles. The van der Waals surface area contributed by atoms with Gasteiger partial charge in [-0.05, 0) is 48.4 Å². The van der Waals surface area contributed by atoms with Gasteiger partial charge in [0.2, 0.25) is 0 Å². The van der Waals surface area contributed by atoms with Gasteiger partial charge in [0.15, 0.2) is 0 Å². The lowest BCUT2D eigenvalue weighted by Crippen LogP contribution is -2.40. The van der Waals surface area contributed by atoms with E-state index in [9.17, 15) is 17.6 Å². The largest absolute Gasteiger partial charge is 0.464 e. The molecule has 0 saturated carbocycles. The molecular formula is C20H17F4NO. The third-order valence-corrected chi connectivity index (χ3v) is 4.25. The summed E-state index contributed by atoms with van der Waals surface area (Å²) in [5.74, 6) is -0.158. The van der Waals surface area contributed by atoms with Crippen LogP contribution in [0.25, 0.3) is 0 Å². The van der Waals surface area contributed by atoms with E-state index in [0.717, 1.165) is 17.7 Å². The van der Waals surface area contributed by atoms with Gasteiger partial charge in [0.25, 0.3) is 0 Å². The number of nitrogens with two attached hydrogens (primary N) is 1. The SMILES string of the molecule is Cc1ccc(C(N)(Cc2ccccc2)c2cc(F)cc(C(F)(F)F)c2)o1. The predicted molar refractivity (Wildman–Crippen MR) is 90.0 cm³/mol. The highest BCUT2D eigenvalue weighted by atomic mass is 19.4. The van der Waals surface area contributed by atoms with E-state index in [4.69, 9.17) is 10.2 Å². The molecule has 0 bridgehead atoms. The highest BCUT2D eigenvalue weighted by molar-refractivity contribution is 5.40. The standard InChI is InChI=1S/C20H17F4NO/c1-13-7-8-18(26-13)19(25,12-14-5-3-2-4-6-14)15-9-16(20(22,23)24)11-17(21)10-15/h2-11H,12,25H2,1H3. The Morgan fingerprint density at radius 1 is 0.923 bits per heavy atom. The number of furan rings is 1. The third kappa shape index (κ3) is 3.65. The van der Waals surface area contributed by atoms with Crippen LogP contribution < -0.4 is 5.73 Å². The Balaban J connectivity index is 2.17. The summed E-state index contributed by atoms with van der Waals surface area (Å²) < 4.78 is 59.0. The smallest absolute Gasteiger partial charge is 0.416 e. The summed E-state index contributed by atoms with van der Waals surface area (Å²) in [6.45, 7) is 1.71. The van der Waals surface area contributed by atoms with Crippen molar-refractivity contribution in [3.05, 3.63) is 94.7 Å². The van der Waals surface area contributed by atoms with Gasteiger partial charge in [-0.15, -0.1) is 0 Å². The third-order valence-electron chi connectivity index (χ3n) is 4.25. The molecule has 3 aromatic rings. The molecule has 2 nitrogen and oxygen atoms in total. The summed E-state index contributed by atoms with van der Waals surface area (Å²) >= 11 is 0. The van der Waals surface area contributed by atoms with Crippen LogP contribution in [0.4, 0.5) is 17.6 Å². The maximum Gasteiger partial charge on any atom is 0.416 e. The molecule has 1 aromatic heterocycles. The van der Waals surface area contributed by atoms with Crippen molar-refractivity contribution >= 4 is 0 Å². The molecule has 0 aliphatic rings. The van der Waals surface area contributed by atoms with E-state index >= 15 is 0 Å². The minimum atomic E-state index is -4.68. The fourth-order valence-corrected chi connectivity index (χ4v) is 2.93. The van der Waals surface area contributed by atoms with Crippen LogP contribution in [0.1, 0.15) is 28.2 Å². The highest BCUT2D eigenvalue weighted by Crippen LogP contribution is 2.37. The molecule has 1 heterocycles. The van der Waals surface area contributed by atoms with E-state index in [0.29, 0.717) is 11.8 Å². The summed E-state index contributed by atoms with van der Waals surface area (Å²) in [4.78, 5) is 0. The van der Waals surface area contributed by atoms with E-state index in [1.807, 2.05) is 6.07 Å². The number of benzene rings is 2. The van der Waals surface area contributed by atoms with E-state index in [-0.39, 0.29) is 17.7 Å². The van der Waals surface area contributed by atoms with E-state index in [1.165, 1.54) is 0 Å². The van der Waals surface area contributed by atoms with Crippen molar-refractivity contribution in [1.82, 2.24) is 0 Å². The normalized spacial score (nSPS) is 14.2. The molecule has 0 amide bonds. The van der Waals surface area contributed by atoms with Crippen LogP contribution in [0.5, 0.6) is 0 Å². The zero-order valence-corrected chi connectivity index (χ0v) is 14.0. The molecule has 0 spiro atoms. The minimum absolute atomic E-state index is 0.00280. The van der Waals surface area contributed by atoms with Crippen molar-refractivity contribution in [2.45, 2.75) is 25.1 Å². The van der Waals surface area contributed by atoms with Crippen molar-refractivity contribution in [3.63, 3.8) is 0 Å². The van der Waals surface area contributed by atoms with Gasteiger partial charge in [-0.25, -0.2) is 4.39 Å². The summed E-state index contributed by atoms with van der Waals surface area (Å²) in [5.41, 5.74) is 4.80.